The molecular formula is C42H61N7O4S5. The number of methoxy groups -OCH3 is 1. The standard InChI is InChI=1S/C42H51N7O4.5H2S/c1-24(2)26(5)40(50)49-23-31(29-16-17-29)21-36(49)39-44-32-18-13-28(20-33(32)45-39)10-9-27-11-14-30(15-12-27)34-22-43-38(46-34)35-8-7-19-48(35)41(51)37(25(3)4)47-42(52)53-6;;;;;/h11-15,18,20,22,24-26,29,31,35-37H,7-8,16-17,19,21,23H2,1-6H3,(H,43,46)(H,44,45)(H,47,52);5*1H2/t26-,31+,35-,36-,37-;;;;;/m0...../s1. The van der Waals surface area contributed by atoms with Crippen LogP contribution < -0.4 is 5.32 Å². The number of ether oxygens (including phenoxy) is 1. The summed E-state index contributed by atoms with van der Waals surface area (Å²) in [7, 11) is 1.29. The van der Waals surface area contributed by atoms with Crippen LogP contribution in [0.15, 0.2) is 48.7 Å². The van der Waals surface area contributed by atoms with Gasteiger partial charge in [-0.3, -0.25) is 9.59 Å². The second-order valence-electron chi connectivity index (χ2n) is 15.8. The molecule has 0 spiro atoms. The molecule has 4 aromatic rings. The Labute approximate surface area is 377 Å². The van der Waals surface area contributed by atoms with Gasteiger partial charge in [-0.25, -0.2) is 14.8 Å². The average molecular weight is 888 g/mol. The number of aromatic amines is 2. The van der Waals surface area contributed by atoms with Crippen molar-refractivity contribution in [3.63, 3.8) is 0 Å². The number of carbonyl (C=O) groups excluding carboxylic acids is 3. The Morgan fingerprint density at radius 2 is 1.47 bits per heavy atom. The highest BCUT2D eigenvalue weighted by Gasteiger charge is 2.45. The highest BCUT2D eigenvalue weighted by atomic mass is 32.1. The Morgan fingerprint density at radius 3 is 2.10 bits per heavy atom. The topological polar surface area (TPSA) is 136 Å². The first-order valence-corrected chi connectivity index (χ1v) is 19.1. The van der Waals surface area contributed by atoms with Gasteiger partial charge in [0.15, 0.2) is 0 Å². The largest absolute Gasteiger partial charge is 0.453 e. The van der Waals surface area contributed by atoms with E-state index in [1.54, 1.807) is 6.20 Å². The number of amides is 3. The first kappa shape index (κ1) is 50.8. The van der Waals surface area contributed by atoms with E-state index in [1.165, 1.54) is 20.0 Å². The molecule has 2 aliphatic heterocycles. The first-order valence-electron chi connectivity index (χ1n) is 19.1. The smallest absolute Gasteiger partial charge is 0.407 e. The Kier molecular flexibility index (Phi) is 19.1. The van der Waals surface area contributed by atoms with Crippen LogP contribution in [-0.4, -0.2) is 73.9 Å². The first-order chi connectivity index (χ1) is 25.5. The number of imidazole rings is 2. The lowest BCUT2D eigenvalue weighted by atomic mass is 9.96. The van der Waals surface area contributed by atoms with Gasteiger partial charge in [0.2, 0.25) is 11.8 Å². The molecule has 0 bridgehead atoms. The van der Waals surface area contributed by atoms with Crippen molar-refractivity contribution in [2.24, 2.45) is 29.6 Å². The molecule has 1 aliphatic carbocycles. The lowest BCUT2D eigenvalue weighted by Crippen LogP contribution is -2.51. The second kappa shape index (κ2) is 21.8. The highest BCUT2D eigenvalue weighted by molar-refractivity contribution is 7.60. The maximum atomic E-state index is 13.5. The molecule has 58 heavy (non-hydrogen) atoms. The molecule has 3 amide bonds. The number of nitrogens with zero attached hydrogens (tertiary/aromatic N) is 4. The molecule has 2 aromatic carbocycles. The summed E-state index contributed by atoms with van der Waals surface area (Å²) >= 11 is 0. The summed E-state index contributed by atoms with van der Waals surface area (Å²) in [4.78, 5) is 59.5. The third-order valence-electron chi connectivity index (χ3n) is 11.5. The minimum atomic E-state index is -0.678. The number of rotatable bonds is 9. The number of likely N-dealkylation sites (tertiary alicyclic amines) is 2. The van der Waals surface area contributed by atoms with Crippen molar-refractivity contribution >= 4 is 96.4 Å². The maximum Gasteiger partial charge on any atom is 0.407 e. The van der Waals surface area contributed by atoms with Gasteiger partial charge in [-0.15, -0.1) is 0 Å². The maximum absolute atomic E-state index is 13.5. The Morgan fingerprint density at radius 1 is 0.793 bits per heavy atom. The van der Waals surface area contributed by atoms with Gasteiger partial charge < -0.3 is 29.8 Å². The number of hydrogen-bond donors (Lipinski definition) is 3. The molecule has 11 nitrogen and oxygen atoms in total. The molecule has 318 valence electrons. The molecule has 3 N–H and O–H groups in total. The number of carbonyl (C=O) groups is 3. The molecule has 2 aromatic heterocycles. The van der Waals surface area contributed by atoms with Crippen LogP contribution >= 0.6 is 67.5 Å². The summed E-state index contributed by atoms with van der Waals surface area (Å²) in [6, 6.07) is 13.2. The van der Waals surface area contributed by atoms with Crippen molar-refractivity contribution in [3.05, 3.63) is 71.4 Å². The van der Waals surface area contributed by atoms with Crippen LogP contribution in [0.25, 0.3) is 22.3 Å². The fourth-order valence-corrected chi connectivity index (χ4v) is 7.82. The van der Waals surface area contributed by atoms with Crippen molar-refractivity contribution < 1.29 is 19.1 Å². The van der Waals surface area contributed by atoms with Crippen molar-refractivity contribution in [2.45, 2.75) is 84.8 Å². The number of fused-ring (bicyclic) bond motifs is 1. The van der Waals surface area contributed by atoms with Crippen LogP contribution in [0.4, 0.5) is 4.79 Å². The number of H-pyrrole nitrogens is 2. The molecule has 4 heterocycles. The van der Waals surface area contributed by atoms with E-state index in [1.807, 2.05) is 68.1 Å². The summed E-state index contributed by atoms with van der Waals surface area (Å²) in [5.41, 5.74) is 5.41. The monoisotopic (exact) mass is 887 g/mol. The lowest BCUT2D eigenvalue weighted by molar-refractivity contribution is -0.137. The molecule has 5 atom stereocenters. The van der Waals surface area contributed by atoms with Gasteiger partial charge in [0, 0.05) is 30.1 Å². The predicted octanol–water partition coefficient (Wildman–Crippen LogP) is 7.55. The molecule has 1 saturated carbocycles. The molecule has 2 saturated heterocycles. The van der Waals surface area contributed by atoms with Crippen molar-refractivity contribution in [3.8, 4) is 23.1 Å². The summed E-state index contributed by atoms with van der Waals surface area (Å²) in [5, 5.41) is 2.70. The van der Waals surface area contributed by atoms with E-state index in [4.69, 9.17) is 9.72 Å². The quantitative estimate of drug-likeness (QED) is 0.149. The minimum Gasteiger partial charge on any atom is -0.453 e. The zero-order valence-corrected chi connectivity index (χ0v) is 39.1. The zero-order chi connectivity index (χ0) is 37.4. The number of benzene rings is 2. The van der Waals surface area contributed by atoms with Gasteiger partial charge >= 0.3 is 6.09 Å². The zero-order valence-electron chi connectivity index (χ0n) is 34.1. The van der Waals surface area contributed by atoms with Crippen molar-refractivity contribution in [1.29, 1.82) is 0 Å². The second-order valence-corrected chi connectivity index (χ2v) is 15.8. The van der Waals surface area contributed by atoms with Gasteiger partial charge in [-0.2, -0.15) is 67.5 Å². The van der Waals surface area contributed by atoms with E-state index in [0.717, 1.165) is 76.8 Å². The van der Waals surface area contributed by atoms with E-state index in [0.29, 0.717) is 18.4 Å². The van der Waals surface area contributed by atoms with Gasteiger partial charge in [-0.05, 0) is 91.7 Å². The van der Waals surface area contributed by atoms with E-state index < -0.39 is 12.1 Å². The van der Waals surface area contributed by atoms with E-state index in [2.05, 4.69) is 50.9 Å². The fourth-order valence-electron chi connectivity index (χ4n) is 7.82. The molecule has 0 radical (unpaired) electrons. The van der Waals surface area contributed by atoms with Gasteiger partial charge in [-0.1, -0.05) is 58.6 Å². The fraction of sp³-hybridized carbons (Fsp3) is 0.500. The van der Waals surface area contributed by atoms with E-state index in [9.17, 15) is 14.4 Å². The van der Waals surface area contributed by atoms with E-state index >= 15 is 0 Å². The number of nitrogens with one attached hydrogen (secondary N) is 3. The van der Waals surface area contributed by atoms with Gasteiger partial charge in [0.25, 0.3) is 0 Å². The molecule has 3 aliphatic rings. The summed E-state index contributed by atoms with van der Waals surface area (Å²) in [6.07, 6.45) is 6.35. The SMILES string of the molecule is COC(=O)N[C@H](C(=O)N1CCC[C@H]1c1ncc(-c2ccc(C#Cc3ccc4nc([C@@H]5C[C@@H](C6CC6)CN5C(=O)[C@@H](C)C(C)C)[nH]c4c3)cc2)[nH]1)C(C)C.S.S.S.S.S. The molecular weight excluding hydrogens is 827 g/mol. The highest BCUT2D eigenvalue weighted by Crippen LogP contribution is 2.47. The Balaban J connectivity index is 0.00000232. The van der Waals surface area contributed by atoms with Gasteiger partial charge in [0.1, 0.15) is 17.7 Å². The van der Waals surface area contributed by atoms with Gasteiger partial charge in [0.05, 0.1) is 42.1 Å². The Bertz CT molecular complexity index is 2060. The van der Waals surface area contributed by atoms with Crippen LogP contribution in [0.3, 0.4) is 0 Å². The van der Waals surface area contributed by atoms with Crippen LogP contribution in [0.5, 0.6) is 0 Å². The van der Waals surface area contributed by atoms with Crippen molar-refractivity contribution in [2.75, 3.05) is 20.2 Å². The molecule has 7 rings (SSSR count). The Hall–Kier alpha value is -3.36. The normalized spacial score (nSPS) is 19.3. The summed E-state index contributed by atoms with van der Waals surface area (Å²) < 4.78 is 4.75. The van der Waals surface area contributed by atoms with Crippen LogP contribution in [-0.2, 0) is 14.3 Å². The third kappa shape index (κ3) is 11.1. The van der Waals surface area contributed by atoms with E-state index in [-0.39, 0.29) is 103 Å². The third-order valence-corrected chi connectivity index (χ3v) is 11.5. The number of hydrogen-bond acceptors (Lipinski definition) is 6. The van der Waals surface area contributed by atoms with Crippen molar-refractivity contribution in [1.82, 2.24) is 35.1 Å². The minimum absolute atomic E-state index is 0. The lowest BCUT2D eigenvalue weighted by Gasteiger charge is -2.30. The number of aromatic nitrogens is 4. The number of alkyl carbamates (subject to hydrolysis) is 1. The summed E-state index contributed by atoms with van der Waals surface area (Å²) in [6.45, 7) is 11.5. The summed E-state index contributed by atoms with van der Waals surface area (Å²) in [5.74, 6) is 9.78. The van der Waals surface area contributed by atoms with Crippen LogP contribution in [0.2, 0.25) is 0 Å². The average Bonchev–Trinajstić information content (AvgIpc) is 3.55. The molecule has 3 fully saturated rings. The predicted molar refractivity (Wildman–Crippen MR) is 255 cm³/mol. The van der Waals surface area contributed by atoms with Crippen LogP contribution in [0.1, 0.15) is 102 Å². The van der Waals surface area contributed by atoms with Crippen LogP contribution in [0, 0.1) is 41.4 Å². The molecule has 16 heteroatoms. The molecule has 0 unspecified atom stereocenters.